The van der Waals surface area contributed by atoms with Crippen LogP contribution in [-0.4, -0.2) is 12.6 Å². The van der Waals surface area contributed by atoms with Gasteiger partial charge in [-0.1, -0.05) is 26.0 Å². The van der Waals surface area contributed by atoms with E-state index in [-0.39, 0.29) is 5.60 Å². The molecule has 1 heterocycles. The second kappa shape index (κ2) is 4.69. The molecule has 0 aliphatic carbocycles. The molecule has 0 bridgehead atoms. The molecule has 2 rings (SSSR count). The molecule has 0 saturated heterocycles. The highest BCUT2D eigenvalue weighted by molar-refractivity contribution is 5.41. The topological polar surface area (TPSA) is 21.3 Å². The number of benzene rings is 1. The van der Waals surface area contributed by atoms with E-state index < -0.39 is 0 Å². The normalized spacial score (nSPS) is 21.8. The summed E-state index contributed by atoms with van der Waals surface area (Å²) in [5.41, 5.74) is 2.58. The van der Waals surface area contributed by atoms with Crippen molar-refractivity contribution >= 4 is 0 Å². The summed E-state index contributed by atoms with van der Waals surface area (Å²) in [6.07, 6.45) is 3.19. The number of fused-ring (bicyclic) bond motifs is 1. The Morgan fingerprint density at radius 2 is 2.06 bits per heavy atom. The van der Waals surface area contributed by atoms with Gasteiger partial charge < -0.3 is 10.1 Å². The largest absolute Gasteiger partial charge is 0.487 e. The second-order valence-electron chi connectivity index (χ2n) is 5.08. The molecule has 94 valence electrons. The maximum Gasteiger partial charge on any atom is 0.125 e. The van der Waals surface area contributed by atoms with Gasteiger partial charge in [0.2, 0.25) is 0 Å². The number of nitrogens with one attached hydrogen (secondary N) is 1. The minimum absolute atomic E-state index is 0.00840. The molecule has 1 aromatic carbocycles. The molecule has 2 heteroatoms. The quantitative estimate of drug-likeness (QED) is 0.861. The fourth-order valence-corrected chi connectivity index (χ4v) is 2.72. The van der Waals surface area contributed by atoms with E-state index in [1.54, 1.807) is 0 Å². The van der Waals surface area contributed by atoms with Gasteiger partial charge in [-0.2, -0.15) is 0 Å². The van der Waals surface area contributed by atoms with Crippen molar-refractivity contribution in [2.75, 3.05) is 7.05 Å². The van der Waals surface area contributed by atoms with Crippen LogP contribution in [0.5, 0.6) is 5.75 Å². The Hall–Kier alpha value is -1.02. The van der Waals surface area contributed by atoms with Crippen LogP contribution < -0.4 is 10.1 Å². The van der Waals surface area contributed by atoms with Crippen LogP contribution in [0.15, 0.2) is 18.2 Å². The Labute approximate surface area is 104 Å². The van der Waals surface area contributed by atoms with Gasteiger partial charge in [0.25, 0.3) is 0 Å². The number of ether oxygens (including phenoxy) is 1. The van der Waals surface area contributed by atoms with E-state index in [1.165, 1.54) is 11.1 Å². The van der Waals surface area contributed by atoms with E-state index in [1.807, 2.05) is 7.05 Å². The highest BCUT2D eigenvalue weighted by atomic mass is 16.5. The van der Waals surface area contributed by atoms with Crippen molar-refractivity contribution < 1.29 is 4.74 Å². The zero-order chi connectivity index (χ0) is 12.5. The summed E-state index contributed by atoms with van der Waals surface area (Å²) < 4.78 is 6.29. The van der Waals surface area contributed by atoms with Crippen LogP contribution in [0.3, 0.4) is 0 Å². The Morgan fingerprint density at radius 1 is 1.35 bits per heavy atom. The summed E-state index contributed by atoms with van der Waals surface area (Å²) in [5.74, 6) is 1.07. The molecule has 1 aliphatic heterocycles. The summed E-state index contributed by atoms with van der Waals surface area (Å²) in [4.78, 5) is 0. The van der Waals surface area contributed by atoms with Crippen molar-refractivity contribution in [3.05, 3.63) is 29.3 Å². The Balaban J connectivity index is 2.42. The molecule has 2 nitrogen and oxygen atoms in total. The van der Waals surface area contributed by atoms with Crippen LogP contribution in [-0.2, 0) is 0 Å². The van der Waals surface area contributed by atoms with Gasteiger partial charge in [0, 0.05) is 18.0 Å². The van der Waals surface area contributed by atoms with E-state index in [4.69, 9.17) is 4.74 Å². The predicted molar refractivity (Wildman–Crippen MR) is 71.5 cm³/mol. The third-order valence-corrected chi connectivity index (χ3v) is 4.08. The lowest BCUT2D eigenvalue weighted by Crippen LogP contribution is -2.42. The summed E-state index contributed by atoms with van der Waals surface area (Å²) in [6.45, 7) is 6.56. The summed E-state index contributed by atoms with van der Waals surface area (Å²) in [5, 5.41) is 3.42. The van der Waals surface area contributed by atoms with Crippen LogP contribution in [0.2, 0.25) is 0 Å². The van der Waals surface area contributed by atoms with Crippen molar-refractivity contribution in [3.8, 4) is 5.75 Å². The third-order valence-electron chi connectivity index (χ3n) is 4.08. The molecule has 0 aromatic heterocycles. The van der Waals surface area contributed by atoms with Crippen LogP contribution in [0.4, 0.5) is 0 Å². The van der Waals surface area contributed by atoms with Crippen LogP contribution >= 0.6 is 0 Å². The van der Waals surface area contributed by atoms with Gasteiger partial charge >= 0.3 is 0 Å². The van der Waals surface area contributed by atoms with Crippen molar-refractivity contribution in [1.82, 2.24) is 5.32 Å². The van der Waals surface area contributed by atoms with Gasteiger partial charge in [-0.15, -0.1) is 0 Å². The highest BCUT2D eigenvalue weighted by Gasteiger charge is 2.37. The molecule has 1 atom stereocenters. The first-order valence-electron chi connectivity index (χ1n) is 6.61. The molecule has 1 unspecified atom stereocenters. The highest BCUT2D eigenvalue weighted by Crippen LogP contribution is 2.42. The van der Waals surface area contributed by atoms with Gasteiger partial charge in [0.1, 0.15) is 11.4 Å². The van der Waals surface area contributed by atoms with Crippen LogP contribution in [0, 0.1) is 6.92 Å². The van der Waals surface area contributed by atoms with Gasteiger partial charge in [-0.25, -0.2) is 0 Å². The molecule has 1 aliphatic rings. The van der Waals surface area contributed by atoms with Gasteiger partial charge in [0.15, 0.2) is 0 Å². The Kier molecular flexibility index (Phi) is 3.43. The number of hydrogen-bond acceptors (Lipinski definition) is 2. The van der Waals surface area contributed by atoms with Crippen molar-refractivity contribution in [1.29, 1.82) is 0 Å². The van der Waals surface area contributed by atoms with Gasteiger partial charge in [-0.3, -0.25) is 0 Å². The van der Waals surface area contributed by atoms with Gasteiger partial charge in [0.05, 0.1) is 0 Å². The average Bonchev–Trinajstić information content (AvgIpc) is 2.36. The van der Waals surface area contributed by atoms with E-state index >= 15 is 0 Å². The minimum atomic E-state index is 0.00840. The second-order valence-corrected chi connectivity index (χ2v) is 5.08. The van der Waals surface area contributed by atoms with Crippen LogP contribution in [0.25, 0.3) is 0 Å². The first-order valence-corrected chi connectivity index (χ1v) is 6.61. The maximum absolute atomic E-state index is 6.29. The molecule has 0 amide bonds. The zero-order valence-corrected chi connectivity index (χ0v) is 11.3. The standard InChI is InChI=1S/C15H23NO/c1-5-15(6-2)10-13(16-4)12-8-7-11(3)9-14(12)17-15/h7-9,13,16H,5-6,10H2,1-4H3. The van der Waals surface area contributed by atoms with E-state index in [9.17, 15) is 0 Å². The third kappa shape index (κ3) is 2.19. The predicted octanol–water partition coefficient (Wildman–Crippen LogP) is 3.60. The molecule has 0 saturated carbocycles. The Morgan fingerprint density at radius 3 is 2.65 bits per heavy atom. The number of hydrogen-bond donors (Lipinski definition) is 1. The van der Waals surface area contributed by atoms with Crippen molar-refractivity contribution in [2.45, 2.75) is 51.7 Å². The Bertz CT molecular complexity index is 396. The summed E-state index contributed by atoms with van der Waals surface area (Å²) in [7, 11) is 2.04. The molecule has 17 heavy (non-hydrogen) atoms. The number of rotatable bonds is 3. The molecule has 0 fully saturated rings. The lowest BCUT2D eigenvalue weighted by Gasteiger charge is -2.41. The first kappa shape index (κ1) is 12.4. The van der Waals surface area contributed by atoms with E-state index in [2.05, 4.69) is 44.3 Å². The SMILES string of the molecule is CCC1(CC)CC(NC)c2ccc(C)cc2O1. The molecular weight excluding hydrogens is 210 g/mol. The lowest BCUT2D eigenvalue weighted by atomic mass is 9.83. The molecular formula is C15H23NO. The molecule has 1 aromatic rings. The molecule has 0 radical (unpaired) electrons. The van der Waals surface area contributed by atoms with E-state index in [0.29, 0.717) is 6.04 Å². The fraction of sp³-hybridized carbons (Fsp3) is 0.600. The summed E-state index contributed by atoms with van der Waals surface area (Å²) >= 11 is 0. The smallest absolute Gasteiger partial charge is 0.125 e. The molecule has 0 spiro atoms. The first-order chi connectivity index (χ1) is 8.14. The summed E-state index contributed by atoms with van der Waals surface area (Å²) in [6, 6.07) is 6.94. The fourth-order valence-electron chi connectivity index (χ4n) is 2.72. The molecule has 1 N–H and O–H groups in total. The zero-order valence-electron chi connectivity index (χ0n) is 11.3. The maximum atomic E-state index is 6.29. The lowest BCUT2D eigenvalue weighted by molar-refractivity contribution is 0.0238. The van der Waals surface area contributed by atoms with E-state index in [0.717, 1.165) is 25.0 Å². The monoisotopic (exact) mass is 233 g/mol. The van der Waals surface area contributed by atoms with Crippen molar-refractivity contribution in [3.63, 3.8) is 0 Å². The van der Waals surface area contributed by atoms with Crippen molar-refractivity contribution in [2.24, 2.45) is 0 Å². The van der Waals surface area contributed by atoms with Crippen LogP contribution in [0.1, 0.15) is 50.3 Å². The van der Waals surface area contributed by atoms with Gasteiger partial charge in [-0.05, 0) is 38.4 Å². The number of aryl methyl sites for hydroxylation is 1. The average molecular weight is 233 g/mol. The minimum Gasteiger partial charge on any atom is -0.487 e.